The fourth-order valence-electron chi connectivity index (χ4n) is 2.36. The molecule has 2 aromatic carbocycles. The van der Waals surface area contributed by atoms with Crippen LogP contribution in [-0.2, 0) is 0 Å². The quantitative estimate of drug-likeness (QED) is 0.438. The fourth-order valence-corrected chi connectivity index (χ4v) is 3.45. The first-order chi connectivity index (χ1) is 11.2. The van der Waals surface area contributed by atoms with Gasteiger partial charge in [0.2, 0.25) is 0 Å². The largest absolute Gasteiger partial charge is 0.422 e. The number of fused-ring (bicyclic) bond motifs is 1. The van der Waals surface area contributed by atoms with Crippen molar-refractivity contribution in [2.75, 3.05) is 0 Å². The number of aromatic nitrogens is 1. The van der Waals surface area contributed by atoms with Gasteiger partial charge < -0.3 is 4.42 Å². The lowest BCUT2D eigenvalue weighted by molar-refractivity contribution is 0.563. The van der Waals surface area contributed by atoms with Crippen molar-refractivity contribution in [1.29, 1.82) is 0 Å². The number of hydrogen-bond acceptors (Lipinski definition) is 4. The van der Waals surface area contributed by atoms with Crippen molar-refractivity contribution in [3.8, 4) is 21.8 Å². The molecule has 4 rings (SSSR count). The number of hydrogen-bond donors (Lipinski definition) is 0. The van der Waals surface area contributed by atoms with Gasteiger partial charge in [0.1, 0.15) is 10.6 Å². The number of halogens is 1. The van der Waals surface area contributed by atoms with Gasteiger partial charge in [-0.3, -0.25) is 0 Å². The first-order valence-corrected chi connectivity index (χ1v) is 8.63. The average Bonchev–Trinajstić information content (AvgIpc) is 3.04. The molecule has 2 heterocycles. The minimum Gasteiger partial charge on any atom is -0.422 e. The highest BCUT2D eigenvalue weighted by atomic mass is 79.9. The Morgan fingerprint density at radius 3 is 2.65 bits per heavy atom. The van der Waals surface area contributed by atoms with Gasteiger partial charge in [0.25, 0.3) is 0 Å². The van der Waals surface area contributed by atoms with E-state index in [2.05, 4.69) is 20.9 Å². The van der Waals surface area contributed by atoms with Gasteiger partial charge in [0.05, 0.1) is 11.3 Å². The minimum atomic E-state index is -0.364. The van der Waals surface area contributed by atoms with E-state index in [4.69, 9.17) is 4.42 Å². The Bertz CT molecular complexity index is 1050. The van der Waals surface area contributed by atoms with Gasteiger partial charge in [0.15, 0.2) is 0 Å². The van der Waals surface area contributed by atoms with Crippen LogP contribution in [0.4, 0.5) is 0 Å². The molecule has 0 bridgehead atoms. The van der Waals surface area contributed by atoms with Crippen molar-refractivity contribution < 1.29 is 4.42 Å². The van der Waals surface area contributed by atoms with Gasteiger partial charge in [-0.25, -0.2) is 9.78 Å². The number of para-hydroxylation sites is 1. The van der Waals surface area contributed by atoms with E-state index in [9.17, 15) is 4.79 Å². The summed E-state index contributed by atoms with van der Waals surface area (Å²) in [5.74, 6) is 0. The molecule has 0 aliphatic carbocycles. The lowest BCUT2D eigenvalue weighted by atomic mass is 10.1. The first-order valence-electron chi connectivity index (χ1n) is 6.95. The lowest BCUT2D eigenvalue weighted by Crippen LogP contribution is -2.02. The van der Waals surface area contributed by atoms with Crippen LogP contribution >= 0.6 is 27.3 Å². The number of benzene rings is 2. The molecule has 0 saturated heterocycles. The maximum atomic E-state index is 12.2. The van der Waals surface area contributed by atoms with E-state index in [1.165, 1.54) is 11.3 Å². The molecule has 0 radical (unpaired) electrons. The Labute approximate surface area is 144 Å². The molecule has 5 heteroatoms. The summed E-state index contributed by atoms with van der Waals surface area (Å²) < 4.78 is 6.40. The van der Waals surface area contributed by atoms with Gasteiger partial charge >= 0.3 is 5.63 Å². The van der Waals surface area contributed by atoms with Crippen molar-refractivity contribution >= 4 is 38.2 Å². The van der Waals surface area contributed by atoms with Crippen molar-refractivity contribution in [2.24, 2.45) is 0 Å². The Balaban J connectivity index is 1.81. The van der Waals surface area contributed by atoms with E-state index >= 15 is 0 Å². The Kier molecular flexibility index (Phi) is 3.59. The molecular formula is C18H10BrNO2S. The summed E-state index contributed by atoms with van der Waals surface area (Å²) in [6.07, 6.45) is 0. The third-order valence-corrected chi connectivity index (χ3v) is 4.93. The zero-order valence-electron chi connectivity index (χ0n) is 11.8. The van der Waals surface area contributed by atoms with Gasteiger partial charge in [-0.1, -0.05) is 46.3 Å². The maximum absolute atomic E-state index is 12.2. The minimum absolute atomic E-state index is 0.364. The summed E-state index contributed by atoms with van der Waals surface area (Å²) in [6, 6.07) is 17.2. The third-order valence-electron chi connectivity index (χ3n) is 3.51. The summed E-state index contributed by atoms with van der Waals surface area (Å²) >= 11 is 4.93. The molecule has 0 aliphatic heterocycles. The lowest BCUT2D eigenvalue weighted by Gasteiger charge is -1.99. The average molecular weight is 384 g/mol. The second kappa shape index (κ2) is 5.76. The predicted octanol–water partition coefficient (Wildman–Crippen LogP) is 5.35. The van der Waals surface area contributed by atoms with Gasteiger partial charge in [-0.05, 0) is 24.3 Å². The first kappa shape index (κ1) is 14.4. The van der Waals surface area contributed by atoms with Crippen LogP contribution in [0.1, 0.15) is 0 Å². The normalized spacial score (nSPS) is 11.0. The van der Waals surface area contributed by atoms with Crippen molar-refractivity contribution in [2.45, 2.75) is 0 Å². The Morgan fingerprint density at radius 1 is 1.04 bits per heavy atom. The van der Waals surface area contributed by atoms with E-state index in [1.807, 2.05) is 53.9 Å². The maximum Gasteiger partial charge on any atom is 0.345 e. The molecule has 0 fully saturated rings. The van der Waals surface area contributed by atoms with Gasteiger partial charge in [-0.2, -0.15) is 0 Å². The number of thiazole rings is 1. The summed E-state index contributed by atoms with van der Waals surface area (Å²) in [7, 11) is 0. The molecule has 0 unspecified atom stereocenters. The van der Waals surface area contributed by atoms with Crippen LogP contribution in [0.15, 0.2) is 73.7 Å². The van der Waals surface area contributed by atoms with Gasteiger partial charge in [0, 0.05) is 20.8 Å². The topological polar surface area (TPSA) is 43.1 Å². The zero-order chi connectivity index (χ0) is 15.8. The van der Waals surface area contributed by atoms with Crippen molar-refractivity contribution in [3.63, 3.8) is 0 Å². The van der Waals surface area contributed by atoms with Crippen LogP contribution in [0.5, 0.6) is 0 Å². The highest BCUT2D eigenvalue weighted by Gasteiger charge is 2.12. The van der Waals surface area contributed by atoms with Gasteiger partial charge in [-0.15, -0.1) is 11.3 Å². The molecule has 3 nitrogen and oxygen atoms in total. The summed E-state index contributed by atoms with van der Waals surface area (Å²) in [4.78, 5) is 16.8. The molecule has 0 spiro atoms. The molecule has 2 aromatic heterocycles. The summed E-state index contributed by atoms with van der Waals surface area (Å²) in [5.41, 5.74) is 2.38. The molecule has 0 aliphatic rings. The summed E-state index contributed by atoms with van der Waals surface area (Å²) in [6.45, 7) is 0. The van der Waals surface area contributed by atoms with Crippen LogP contribution in [0, 0.1) is 0 Å². The standard InChI is InChI=1S/C18H10BrNO2S/c19-13-7-5-11(6-8-13)17-20-15(10-23-17)14-9-12-3-1-2-4-16(12)22-18(14)21/h1-10H. The molecule has 0 N–H and O–H groups in total. The van der Waals surface area contributed by atoms with E-state index in [1.54, 1.807) is 6.07 Å². The number of rotatable bonds is 2. The fraction of sp³-hybridized carbons (Fsp3) is 0. The van der Waals surface area contributed by atoms with Crippen LogP contribution in [0.3, 0.4) is 0 Å². The second-order valence-electron chi connectivity index (χ2n) is 5.03. The summed E-state index contributed by atoms with van der Waals surface area (Å²) in [5, 5.41) is 3.65. The highest BCUT2D eigenvalue weighted by Crippen LogP contribution is 2.29. The van der Waals surface area contributed by atoms with E-state index in [-0.39, 0.29) is 5.63 Å². The van der Waals surface area contributed by atoms with Crippen LogP contribution in [-0.4, -0.2) is 4.98 Å². The van der Waals surface area contributed by atoms with E-state index in [0.717, 1.165) is 20.4 Å². The zero-order valence-corrected chi connectivity index (χ0v) is 14.2. The Morgan fingerprint density at radius 2 is 1.83 bits per heavy atom. The molecule has 0 atom stereocenters. The molecule has 23 heavy (non-hydrogen) atoms. The smallest absolute Gasteiger partial charge is 0.345 e. The van der Waals surface area contributed by atoms with Crippen molar-refractivity contribution in [3.05, 3.63) is 74.9 Å². The van der Waals surface area contributed by atoms with Crippen molar-refractivity contribution in [1.82, 2.24) is 4.98 Å². The van der Waals surface area contributed by atoms with Crippen LogP contribution in [0.2, 0.25) is 0 Å². The number of nitrogens with zero attached hydrogens (tertiary/aromatic N) is 1. The molecule has 4 aromatic rings. The SMILES string of the molecule is O=c1oc2ccccc2cc1-c1csc(-c2ccc(Br)cc2)n1. The Hall–Kier alpha value is -2.24. The molecule has 0 amide bonds. The second-order valence-corrected chi connectivity index (χ2v) is 6.80. The van der Waals surface area contributed by atoms with Crippen LogP contribution in [0.25, 0.3) is 32.8 Å². The third kappa shape index (κ3) is 2.73. The molecule has 112 valence electrons. The molecule has 0 saturated carbocycles. The monoisotopic (exact) mass is 383 g/mol. The van der Waals surface area contributed by atoms with E-state index in [0.29, 0.717) is 16.8 Å². The highest BCUT2D eigenvalue weighted by molar-refractivity contribution is 9.10. The molecular weight excluding hydrogens is 374 g/mol. The van der Waals surface area contributed by atoms with Crippen LogP contribution < -0.4 is 5.63 Å². The van der Waals surface area contributed by atoms with E-state index < -0.39 is 0 Å². The predicted molar refractivity (Wildman–Crippen MR) is 96.7 cm³/mol.